The predicted molar refractivity (Wildman–Crippen MR) is 100.0 cm³/mol. The summed E-state index contributed by atoms with van der Waals surface area (Å²) in [6, 6.07) is 13.4. The number of carbonyl (C=O) groups is 2. The van der Waals surface area contributed by atoms with Gasteiger partial charge in [0.25, 0.3) is 0 Å². The van der Waals surface area contributed by atoms with Crippen LogP contribution < -0.4 is 4.72 Å². The number of methoxy groups -OCH3 is 1. The summed E-state index contributed by atoms with van der Waals surface area (Å²) < 4.78 is 32.3. The SMILES string of the molecule is COC(=O)CCC(=O)c1ccc2c(c1)CC(NS(=O)(=O)c1ccccc1)C2. The van der Waals surface area contributed by atoms with E-state index in [-0.39, 0.29) is 29.6 Å². The molecule has 0 radical (unpaired) electrons. The molecule has 0 aromatic heterocycles. The third-order valence-corrected chi connectivity index (χ3v) is 6.16. The molecule has 0 spiro atoms. The third-order valence-electron chi connectivity index (χ3n) is 4.62. The van der Waals surface area contributed by atoms with Crippen LogP contribution in [0.5, 0.6) is 0 Å². The lowest BCUT2D eigenvalue weighted by molar-refractivity contribution is -0.140. The van der Waals surface area contributed by atoms with Crippen LogP contribution in [0.1, 0.15) is 34.3 Å². The second-order valence-electron chi connectivity index (χ2n) is 6.52. The Morgan fingerprint density at radius 2 is 1.74 bits per heavy atom. The number of hydrogen-bond donors (Lipinski definition) is 1. The van der Waals surface area contributed by atoms with Crippen molar-refractivity contribution in [3.8, 4) is 0 Å². The fourth-order valence-electron chi connectivity index (χ4n) is 3.22. The molecule has 1 aliphatic carbocycles. The van der Waals surface area contributed by atoms with Crippen molar-refractivity contribution in [1.82, 2.24) is 4.72 Å². The van der Waals surface area contributed by atoms with Crippen LogP contribution in [0, 0.1) is 0 Å². The van der Waals surface area contributed by atoms with Gasteiger partial charge < -0.3 is 4.74 Å². The molecule has 1 atom stereocenters. The Morgan fingerprint density at radius 1 is 1.04 bits per heavy atom. The molecule has 0 heterocycles. The number of ketones is 1. The Bertz CT molecular complexity index is 954. The van der Waals surface area contributed by atoms with E-state index in [9.17, 15) is 18.0 Å². The zero-order valence-corrected chi connectivity index (χ0v) is 15.8. The van der Waals surface area contributed by atoms with E-state index >= 15 is 0 Å². The van der Waals surface area contributed by atoms with Crippen LogP contribution in [0.2, 0.25) is 0 Å². The van der Waals surface area contributed by atoms with Crippen molar-refractivity contribution in [2.45, 2.75) is 36.6 Å². The summed E-state index contributed by atoms with van der Waals surface area (Å²) in [7, 11) is -2.29. The van der Waals surface area contributed by atoms with E-state index in [1.54, 1.807) is 42.5 Å². The van der Waals surface area contributed by atoms with Crippen molar-refractivity contribution in [2.75, 3.05) is 7.11 Å². The Balaban J connectivity index is 1.67. The van der Waals surface area contributed by atoms with E-state index in [0.717, 1.165) is 11.1 Å². The molecule has 0 amide bonds. The smallest absolute Gasteiger partial charge is 0.305 e. The second-order valence-corrected chi connectivity index (χ2v) is 8.24. The molecular formula is C20H21NO5S. The Hall–Kier alpha value is -2.51. The van der Waals surface area contributed by atoms with Gasteiger partial charge >= 0.3 is 5.97 Å². The predicted octanol–water partition coefficient (Wildman–Crippen LogP) is 2.27. The van der Waals surface area contributed by atoms with Gasteiger partial charge in [-0.25, -0.2) is 13.1 Å². The van der Waals surface area contributed by atoms with E-state index in [1.165, 1.54) is 7.11 Å². The van der Waals surface area contributed by atoms with Gasteiger partial charge in [0.15, 0.2) is 5.78 Å². The van der Waals surface area contributed by atoms with Gasteiger partial charge in [-0.05, 0) is 42.2 Å². The summed E-state index contributed by atoms with van der Waals surface area (Å²) in [5, 5.41) is 0. The van der Waals surface area contributed by atoms with Crippen LogP contribution in [0.4, 0.5) is 0 Å². The third kappa shape index (κ3) is 4.61. The molecule has 2 aromatic rings. The number of esters is 1. The van der Waals surface area contributed by atoms with Crippen LogP contribution in [-0.4, -0.2) is 33.3 Å². The summed E-state index contributed by atoms with van der Waals surface area (Å²) in [6.45, 7) is 0. The maximum Gasteiger partial charge on any atom is 0.305 e. The number of nitrogens with one attached hydrogen (secondary N) is 1. The minimum absolute atomic E-state index is 0.0475. The monoisotopic (exact) mass is 387 g/mol. The molecule has 1 unspecified atom stereocenters. The van der Waals surface area contributed by atoms with Crippen molar-refractivity contribution in [1.29, 1.82) is 0 Å². The van der Waals surface area contributed by atoms with Crippen LogP contribution in [-0.2, 0) is 32.4 Å². The molecule has 0 aliphatic heterocycles. The highest BCUT2D eigenvalue weighted by molar-refractivity contribution is 7.89. The molecule has 0 fully saturated rings. The first-order valence-corrected chi connectivity index (χ1v) is 10.2. The van der Waals surface area contributed by atoms with Crippen molar-refractivity contribution in [2.24, 2.45) is 0 Å². The molecule has 0 saturated heterocycles. The van der Waals surface area contributed by atoms with Gasteiger partial charge in [0.05, 0.1) is 18.4 Å². The number of carbonyl (C=O) groups excluding carboxylic acids is 2. The number of benzene rings is 2. The van der Waals surface area contributed by atoms with Gasteiger partial charge in [-0.15, -0.1) is 0 Å². The average Bonchev–Trinajstić information content (AvgIpc) is 3.07. The average molecular weight is 387 g/mol. The van der Waals surface area contributed by atoms with Crippen LogP contribution in [0.15, 0.2) is 53.4 Å². The van der Waals surface area contributed by atoms with E-state index in [1.807, 2.05) is 6.07 Å². The van der Waals surface area contributed by atoms with Gasteiger partial charge in [0.1, 0.15) is 0 Å². The summed E-state index contributed by atoms with van der Waals surface area (Å²) in [6.07, 6.45) is 1.25. The topological polar surface area (TPSA) is 89.5 Å². The standard InChI is InChI=1S/C20H21NO5S/c1-26-20(23)10-9-19(22)15-8-7-14-12-17(13-16(14)11-15)21-27(24,25)18-5-3-2-4-6-18/h2-8,11,17,21H,9-10,12-13H2,1H3. The molecule has 27 heavy (non-hydrogen) atoms. The number of rotatable bonds is 7. The molecule has 142 valence electrons. The number of ether oxygens (including phenoxy) is 1. The number of Topliss-reactive ketones (excluding diaryl/α,β-unsaturated/α-hetero) is 1. The van der Waals surface area contributed by atoms with Crippen LogP contribution in [0.3, 0.4) is 0 Å². The Morgan fingerprint density at radius 3 is 2.44 bits per heavy atom. The van der Waals surface area contributed by atoms with Gasteiger partial charge in [-0.2, -0.15) is 0 Å². The maximum absolute atomic E-state index is 12.5. The second kappa shape index (κ2) is 8.02. The molecule has 1 N–H and O–H groups in total. The summed E-state index contributed by atoms with van der Waals surface area (Å²) in [5.41, 5.74) is 2.52. The first-order valence-electron chi connectivity index (χ1n) is 8.68. The molecule has 6 nitrogen and oxygen atoms in total. The van der Waals surface area contributed by atoms with Crippen LogP contribution in [0.25, 0.3) is 0 Å². The Labute approximate surface area is 158 Å². The van der Waals surface area contributed by atoms with Crippen molar-refractivity contribution < 1.29 is 22.7 Å². The van der Waals surface area contributed by atoms with Crippen molar-refractivity contribution >= 4 is 21.8 Å². The number of fused-ring (bicyclic) bond motifs is 1. The lowest BCUT2D eigenvalue weighted by atomic mass is 10.0. The Kier molecular flexibility index (Phi) is 5.72. The highest BCUT2D eigenvalue weighted by Gasteiger charge is 2.27. The quantitative estimate of drug-likeness (QED) is 0.581. The largest absolute Gasteiger partial charge is 0.469 e. The highest BCUT2D eigenvalue weighted by atomic mass is 32.2. The minimum Gasteiger partial charge on any atom is -0.469 e. The lowest BCUT2D eigenvalue weighted by Gasteiger charge is -2.12. The fourth-order valence-corrected chi connectivity index (χ4v) is 4.48. The van der Waals surface area contributed by atoms with E-state index in [4.69, 9.17) is 0 Å². The van der Waals surface area contributed by atoms with Gasteiger partial charge in [0.2, 0.25) is 10.0 Å². The fraction of sp³-hybridized carbons (Fsp3) is 0.300. The van der Waals surface area contributed by atoms with Crippen molar-refractivity contribution in [3.63, 3.8) is 0 Å². The highest BCUT2D eigenvalue weighted by Crippen LogP contribution is 2.25. The normalized spacial score (nSPS) is 16.0. The molecule has 3 rings (SSSR count). The molecule has 7 heteroatoms. The maximum atomic E-state index is 12.5. The van der Waals surface area contributed by atoms with Crippen LogP contribution >= 0.6 is 0 Å². The summed E-state index contributed by atoms with van der Waals surface area (Å²) in [5.74, 6) is -0.545. The molecule has 0 bridgehead atoms. The van der Waals surface area contributed by atoms with Gasteiger partial charge in [-0.1, -0.05) is 30.3 Å². The van der Waals surface area contributed by atoms with E-state index in [2.05, 4.69) is 9.46 Å². The van der Waals surface area contributed by atoms with E-state index < -0.39 is 16.0 Å². The first kappa shape index (κ1) is 19.3. The van der Waals surface area contributed by atoms with E-state index in [0.29, 0.717) is 18.4 Å². The number of hydrogen-bond acceptors (Lipinski definition) is 5. The molecule has 1 aliphatic rings. The first-order chi connectivity index (χ1) is 12.9. The summed E-state index contributed by atoms with van der Waals surface area (Å²) >= 11 is 0. The summed E-state index contributed by atoms with van der Waals surface area (Å²) in [4.78, 5) is 23.7. The molecular weight excluding hydrogens is 366 g/mol. The van der Waals surface area contributed by atoms with Crippen molar-refractivity contribution in [3.05, 3.63) is 65.2 Å². The molecule has 2 aromatic carbocycles. The van der Waals surface area contributed by atoms with Gasteiger partial charge in [-0.3, -0.25) is 9.59 Å². The zero-order chi connectivity index (χ0) is 19.4. The minimum atomic E-state index is -3.58. The molecule has 0 saturated carbocycles. The number of sulfonamides is 1. The van der Waals surface area contributed by atoms with Gasteiger partial charge in [0, 0.05) is 18.0 Å². The zero-order valence-electron chi connectivity index (χ0n) is 15.0. The lowest BCUT2D eigenvalue weighted by Crippen LogP contribution is -2.35.